The molecule has 0 aromatic carbocycles. The Hall–Kier alpha value is -0.400. The lowest BCUT2D eigenvalue weighted by Crippen LogP contribution is -2.24. The molecule has 1 aromatic rings. The maximum atomic E-state index is 5.86. The summed E-state index contributed by atoms with van der Waals surface area (Å²) in [5.74, 6) is 4.10. The Morgan fingerprint density at radius 3 is 3.00 bits per heavy atom. The zero-order chi connectivity index (χ0) is 13.5. The number of rotatable bonds is 6. The molecule has 0 radical (unpaired) electrons. The van der Waals surface area contributed by atoms with E-state index in [-0.39, 0.29) is 11.3 Å². The molecule has 19 heavy (non-hydrogen) atoms. The first-order valence-corrected chi connectivity index (χ1v) is 8.83. The number of aromatic nitrogens is 3. The van der Waals surface area contributed by atoms with Crippen molar-refractivity contribution in [2.24, 2.45) is 0 Å². The summed E-state index contributed by atoms with van der Waals surface area (Å²) in [6.07, 6.45) is 0.905. The van der Waals surface area contributed by atoms with Crippen LogP contribution in [0, 0.1) is 0 Å². The van der Waals surface area contributed by atoms with Crippen LogP contribution in [0.4, 0.5) is 5.95 Å². The van der Waals surface area contributed by atoms with E-state index in [9.17, 15) is 0 Å². The van der Waals surface area contributed by atoms with E-state index < -0.39 is 0 Å². The molecule has 0 spiro atoms. The minimum Gasteiger partial charge on any atom is -0.463 e. The number of thioether (sulfide) groups is 2. The number of hydrogen-bond donors (Lipinski definition) is 1. The Balaban J connectivity index is 1.89. The van der Waals surface area contributed by atoms with Crippen molar-refractivity contribution in [2.75, 3.05) is 35.7 Å². The van der Waals surface area contributed by atoms with Gasteiger partial charge in [0, 0.05) is 29.1 Å². The van der Waals surface area contributed by atoms with Gasteiger partial charge >= 0.3 is 6.01 Å². The molecule has 0 amide bonds. The molecule has 8 heteroatoms. The fourth-order valence-electron chi connectivity index (χ4n) is 1.53. The maximum Gasteiger partial charge on any atom is 0.322 e. The molecular formula is C11H17ClN4OS2. The number of hydrogen-bond acceptors (Lipinski definition) is 7. The van der Waals surface area contributed by atoms with Gasteiger partial charge in [-0.2, -0.15) is 38.5 Å². The second kappa shape index (κ2) is 8.01. The van der Waals surface area contributed by atoms with Gasteiger partial charge in [-0.3, -0.25) is 0 Å². The molecule has 5 nitrogen and oxygen atoms in total. The normalized spacial score (nSPS) is 19.2. The second-order valence-corrected chi connectivity index (χ2v) is 6.90. The molecule has 1 aromatic heterocycles. The lowest BCUT2D eigenvalue weighted by molar-refractivity contribution is 0.291. The van der Waals surface area contributed by atoms with Crippen LogP contribution < -0.4 is 10.1 Å². The molecule has 1 aliphatic rings. The van der Waals surface area contributed by atoms with Crippen LogP contribution in [0.1, 0.15) is 13.3 Å². The Bertz CT molecular complexity index is 404. The van der Waals surface area contributed by atoms with E-state index in [0.29, 0.717) is 17.8 Å². The molecule has 1 N–H and O–H groups in total. The summed E-state index contributed by atoms with van der Waals surface area (Å²) in [5.41, 5.74) is 0. The smallest absolute Gasteiger partial charge is 0.322 e. The van der Waals surface area contributed by atoms with E-state index in [1.54, 1.807) is 0 Å². The molecular weight excluding hydrogens is 304 g/mol. The van der Waals surface area contributed by atoms with Crippen molar-refractivity contribution in [1.82, 2.24) is 15.0 Å². The quantitative estimate of drug-likeness (QED) is 0.864. The average Bonchev–Trinajstić information content (AvgIpc) is 2.43. The summed E-state index contributed by atoms with van der Waals surface area (Å²) in [5, 5.41) is 3.96. The third-order valence-electron chi connectivity index (χ3n) is 2.40. The second-order valence-electron chi connectivity index (χ2n) is 4.01. The monoisotopic (exact) mass is 320 g/mol. The van der Waals surface area contributed by atoms with E-state index >= 15 is 0 Å². The molecule has 1 fully saturated rings. The van der Waals surface area contributed by atoms with E-state index in [1.807, 2.05) is 30.4 Å². The van der Waals surface area contributed by atoms with Gasteiger partial charge < -0.3 is 10.1 Å². The van der Waals surface area contributed by atoms with Crippen molar-refractivity contribution in [3.05, 3.63) is 5.28 Å². The van der Waals surface area contributed by atoms with Crippen LogP contribution in [0.3, 0.4) is 0 Å². The molecule has 0 bridgehead atoms. The van der Waals surface area contributed by atoms with Crippen molar-refractivity contribution in [3.8, 4) is 6.01 Å². The molecule has 2 heterocycles. The molecule has 1 atom stereocenters. The standard InChI is InChI=1S/C11H17ClN4OS2/c1-2-3-17-11-15-9(12)14-10(16-11)13-6-8-7-18-4-5-19-8/h8H,2-7H2,1H3,(H,13,14,15,16). The van der Waals surface area contributed by atoms with Gasteiger partial charge in [-0.15, -0.1) is 0 Å². The van der Waals surface area contributed by atoms with Crippen LogP contribution in [-0.2, 0) is 0 Å². The summed E-state index contributed by atoms with van der Waals surface area (Å²) >= 11 is 9.84. The average molecular weight is 321 g/mol. The minimum atomic E-state index is 0.161. The van der Waals surface area contributed by atoms with E-state index in [0.717, 1.165) is 18.7 Å². The SMILES string of the molecule is CCCOc1nc(Cl)nc(NCC2CSCCS2)n1. The summed E-state index contributed by atoms with van der Waals surface area (Å²) in [7, 11) is 0. The summed E-state index contributed by atoms with van der Waals surface area (Å²) in [4.78, 5) is 12.2. The highest BCUT2D eigenvalue weighted by molar-refractivity contribution is 8.06. The predicted molar refractivity (Wildman–Crippen MR) is 82.7 cm³/mol. The first-order chi connectivity index (χ1) is 9.28. The molecule has 1 saturated heterocycles. The molecule has 1 aliphatic heterocycles. The zero-order valence-corrected chi connectivity index (χ0v) is 13.2. The maximum absolute atomic E-state index is 5.86. The zero-order valence-electron chi connectivity index (χ0n) is 10.8. The number of ether oxygens (including phenoxy) is 1. The Morgan fingerprint density at radius 2 is 2.26 bits per heavy atom. The largest absolute Gasteiger partial charge is 0.463 e. The van der Waals surface area contributed by atoms with E-state index in [4.69, 9.17) is 16.3 Å². The van der Waals surface area contributed by atoms with Crippen LogP contribution >= 0.6 is 35.1 Å². The van der Waals surface area contributed by atoms with Crippen LogP contribution in [-0.4, -0.2) is 50.6 Å². The van der Waals surface area contributed by atoms with Crippen molar-refractivity contribution < 1.29 is 4.74 Å². The van der Waals surface area contributed by atoms with Crippen molar-refractivity contribution >= 4 is 41.1 Å². The predicted octanol–water partition coefficient (Wildman–Crippen LogP) is 2.57. The summed E-state index contributed by atoms with van der Waals surface area (Å²) in [6, 6.07) is 0.287. The lowest BCUT2D eigenvalue weighted by Gasteiger charge is -2.21. The molecule has 0 aliphatic carbocycles. The summed E-state index contributed by atoms with van der Waals surface area (Å²) < 4.78 is 5.37. The Morgan fingerprint density at radius 1 is 1.37 bits per heavy atom. The number of nitrogens with zero attached hydrogens (tertiary/aromatic N) is 3. The minimum absolute atomic E-state index is 0.161. The van der Waals surface area contributed by atoms with Gasteiger partial charge in [-0.05, 0) is 18.0 Å². The van der Waals surface area contributed by atoms with Crippen LogP contribution in [0.25, 0.3) is 0 Å². The van der Waals surface area contributed by atoms with Crippen LogP contribution in [0.2, 0.25) is 5.28 Å². The van der Waals surface area contributed by atoms with Gasteiger partial charge in [-0.25, -0.2) is 0 Å². The fraction of sp³-hybridized carbons (Fsp3) is 0.727. The van der Waals surface area contributed by atoms with Crippen molar-refractivity contribution in [2.45, 2.75) is 18.6 Å². The molecule has 0 saturated carbocycles. The number of anilines is 1. The number of halogens is 1. The van der Waals surface area contributed by atoms with E-state index in [1.165, 1.54) is 11.5 Å². The molecule has 1 unspecified atom stereocenters. The van der Waals surface area contributed by atoms with E-state index in [2.05, 4.69) is 20.3 Å². The van der Waals surface area contributed by atoms with Gasteiger partial charge in [0.25, 0.3) is 0 Å². The fourth-order valence-corrected chi connectivity index (χ4v) is 4.29. The third kappa shape index (κ3) is 5.24. The lowest BCUT2D eigenvalue weighted by atomic mass is 10.5. The van der Waals surface area contributed by atoms with Crippen molar-refractivity contribution in [1.29, 1.82) is 0 Å². The molecule has 106 valence electrons. The highest BCUT2D eigenvalue weighted by Crippen LogP contribution is 2.24. The topological polar surface area (TPSA) is 59.9 Å². The molecule has 2 rings (SSSR count). The van der Waals surface area contributed by atoms with Gasteiger partial charge in [0.05, 0.1) is 6.61 Å². The third-order valence-corrected chi connectivity index (χ3v) is 5.41. The van der Waals surface area contributed by atoms with Gasteiger partial charge in [0.15, 0.2) is 0 Å². The summed E-state index contributed by atoms with van der Waals surface area (Å²) in [6.45, 7) is 3.44. The highest BCUT2D eigenvalue weighted by atomic mass is 35.5. The highest BCUT2D eigenvalue weighted by Gasteiger charge is 2.15. The van der Waals surface area contributed by atoms with Gasteiger partial charge in [-0.1, -0.05) is 6.92 Å². The van der Waals surface area contributed by atoms with Crippen LogP contribution in [0.15, 0.2) is 0 Å². The van der Waals surface area contributed by atoms with Crippen molar-refractivity contribution in [3.63, 3.8) is 0 Å². The number of nitrogens with one attached hydrogen (secondary N) is 1. The van der Waals surface area contributed by atoms with Crippen LogP contribution in [0.5, 0.6) is 6.01 Å². The Kier molecular flexibility index (Phi) is 6.33. The van der Waals surface area contributed by atoms with Gasteiger partial charge in [0.1, 0.15) is 0 Å². The van der Waals surface area contributed by atoms with Gasteiger partial charge in [0.2, 0.25) is 11.2 Å². The Labute approximate surface area is 126 Å². The first-order valence-electron chi connectivity index (χ1n) is 6.25. The first kappa shape index (κ1) is 15.0.